The molecule has 0 aromatic carbocycles. The molecule has 90 valence electrons. The molecule has 1 atom stereocenters. The Labute approximate surface area is 102 Å². The van der Waals surface area contributed by atoms with Gasteiger partial charge >= 0.3 is 0 Å². The summed E-state index contributed by atoms with van der Waals surface area (Å²) in [5, 5.41) is 2.55. The summed E-state index contributed by atoms with van der Waals surface area (Å²) in [5.41, 5.74) is -0.00887. The molecule has 1 fully saturated rings. The van der Waals surface area contributed by atoms with E-state index in [-0.39, 0.29) is 11.7 Å². The number of fused-ring (bicyclic) bond motifs is 1. The van der Waals surface area contributed by atoms with Gasteiger partial charge in [-0.1, -0.05) is 0 Å². The quantitative estimate of drug-likeness (QED) is 0.796. The van der Waals surface area contributed by atoms with Crippen molar-refractivity contribution in [2.75, 3.05) is 19.8 Å². The van der Waals surface area contributed by atoms with Gasteiger partial charge in [0.2, 0.25) is 0 Å². The van der Waals surface area contributed by atoms with E-state index < -0.39 is 0 Å². The third-order valence-corrected chi connectivity index (χ3v) is 3.56. The third kappa shape index (κ3) is 2.11. The van der Waals surface area contributed by atoms with Gasteiger partial charge in [-0.2, -0.15) is 0 Å². The molecule has 17 heavy (non-hydrogen) atoms. The highest BCUT2D eigenvalue weighted by atomic mass is 32.1. The lowest BCUT2D eigenvalue weighted by molar-refractivity contribution is -0.0939. The van der Waals surface area contributed by atoms with E-state index in [2.05, 4.69) is 4.98 Å². The van der Waals surface area contributed by atoms with Gasteiger partial charge in [-0.15, -0.1) is 11.3 Å². The lowest BCUT2D eigenvalue weighted by Crippen LogP contribution is -2.35. The molecule has 0 unspecified atom stereocenters. The number of hydrogen-bond acceptors (Lipinski definition) is 5. The Bertz CT molecular complexity index is 571. The number of ether oxygens (including phenoxy) is 2. The number of thiophene rings is 1. The maximum atomic E-state index is 12.1. The first-order valence-corrected chi connectivity index (χ1v) is 6.34. The van der Waals surface area contributed by atoms with Crippen LogP contribution in [0.2, 0.25) is 0 Å². The van der Waals surface area contributed by atoms with Crippen LogP contribution in [0.5, 0.6) is 0 Å². The zero-order chi connectivity index (χ0) is 11.7. The summed E-state index contributed by atoms with van der Waals surface area (Å²) in [4.78, 5) is 17.1. The molecule has 6 heteroatoms. The topological polar surface area (TPSA) is 53.4 Å². The summed E-state index contributed by atoms with van der Waals surface area (Å²) in [6.45, 7) is 2.26. The molecule has 0 radical (unpaired) electrons. The van der Waals surface area contributed by atoms with Crippen molar-refractivity contribution in [3.63, 3.8) is 0 Å². The first kappa shape index (κ1) is 10.9. The van der Waals surface area contributed by atoms with E-state index in [1.54, 1.807) is 10.9 Å². The Balaban J connectivity index is 1.89. The molecule has 3 heterocycles. The summed E-state index contributed by atoms with van der Waals surface area (Å²) in [6.07, 6.45) is 1.53. The molecule has 0 spiro atoms. The van der Waals surface area contributed by atoms with Gasteiger partial charge in [0.05, 0.1) is 44.2 Å². The molecule has 0 bridgehead atoms. The number of aromatic nitrogens is 2. The fourth-order valence-electron chi connectivity index (χ4n) is 1.88. The van der Waals surface area contributed by atoms with E-state index in [0.717, 1.165) is 4.83 Å². The molecular formula is C11H12N2O3S. The van der Waals surface area contributed by atoms with Gasteiger partial charge in [0.25, 0.3) is 5.56 Å². The Kier molecular flexibility index (Phi) is 2.92. The summed E-state index contributed by atoms with van der Waals surface area (Å²) in [7, 11) is 0. The lowest BCUT2D eigenvalue weighted by atomic mass is 10.3. The minimum absolute atomic E-state index is 0.00887. The van der Waals surface area contributed by atoms with Crippen LogP contribution in [0.15, 0.2) is 22.6 Å². The van der Waals surface area contributed by atoms with Gasteiger partial charge in [-0.25, -0.2) is 4.98 Å². The minimum atomic E-state index is -0.0562. The van der Waals surface area contributed by atoms with Crippen molar-refractivity contribution < 1.29 is 9.47 Å². The Morgan fingerprint density at radius 2 is 2.47 bits per heavy atom. The van der Waals surface area contributed by atoms with Crippen LogP contribution in [-0.4, -0.2) is 35.5 Å². The van der Waals surface area contributed by atoms with Crippen molar-refractivity contribution in [3.8, 4) is 0 Å². The van der Waals surface area contributed by atoms with Crippen molar-refractivity contribution >= 4 is 21.6 Å². The van der Waals surface area contributed by atoms with Crippen LogP contribution < -0.4 is 5.56 Å². The standard InChI is InChI=1S/C11H12N2O3S/c14-11-9-1-4-17-10(9)12-7-13(11)5-8-6-15-2-3-16-8/h1,4,7-8H,2-3,5-6H2/t8-/m0/s1. The van der Waals surface area contributed by atoms with E-state index in [9.17, 15) is 4.79 Å². The highest BCUT2D eigenvalue weighted by Crippen LogP contribution is 2.13. The number of nitrogens with zero attached hydrogens (tertiary/aromatic N) is 2. The van der Waals surface area contributed by atoms with Gasteiger partial charge < -0.3 is 9.47 Å². The van der Waals surface area contributed by atoms with Gasteiger partial charge in [0, 0.05) is 0 Å². The lowest BCUT2D eigenvalue weighted by Gasteiger charge is -2.23. The van der Waals surface area contributed by atoms with E-state index in [0.29, 0.717) is 31.8 Å². The van der Waals surface area contributed by atoms with E-state index in [1.165, 1.54) is 11.3 Å². The van der Waals surface area contributed by atoms with Crippen molar-refractivity contribution in [3.05, 3.63) is 28.1 Å². The Morgan fingerprint density at radius 3 is 3.29 bits per heavy atom. The van der Waals surface area contributed by atoms with Crippen molar-refractivity contribution in [1.82, 2.24) is 9.55 Å². The predicted octanol–water partition coefficient (Wildman–Crippen LogP) is 0.873. The van der Waals surface area contributed by atoms with Crippen LogP contribution in [-0.2, 0) is 16.0 Å². The summed E-state index contributed by atoms with van der Waals surface area (Å²) < 4.78 is 12.4. The summed E-state index contributed by atoms with van der Waals surface area (Å²) in [5.74, 6) is 0. The average Bonchev–Trinajstić information content (AvgIpc) is 2.83. The molecule has 1 aliphatic heterocycles. The highest BCUT2D eigenvalue weighted by molar-refractivity contribution is 7.16. The molecule has 5 nitrogen and oxygen atoms in total. The molecular weight excluding hydrogens is 240 g/mol. The van der Waals surface area contributed by atoms with E-state index in [4.69, 9.17) is 9.47 Å². The first-order chi connectivity index (χ1) is 8.34. The van der Waals surface area contributed by atoms with Crippen LogP contribution in [0.1, 0.15) is 0 Å². The normalized spacial score (nSPS) is 20.8. The number of rotatable bonds is 2. The molecule has 0 N–H and O–H groups in total. The van der Waals surface area contributed by atoms with Gasteiger partial charge in [-0.3, -0.25) is 9.36 Å². The third-order valence-electron chi connectivity index (χ3n) is 2.74. The van der Waals surface area contributed by atoms with Crippen LogP contribution in [0.25, 0.3) is 10.2 Å². The predicted molar refractivity (Wildman–Crippen MR) is 64.4 cm³/mol. The zero-order valence-electron chi connectivity index (χ0n) is 9.17. The Hall–Kier alpha value is -1.24. The smallest absolute Gasteiger partial charge is 0.262 e. The van der Waals surface area contributed by atoms with Crippen LogP contribution in [0, 0.1) is 0 Å². The van der Waals surface area contributed by atoms with Crippen LogP contribution >= 0.6 is 11.3 Å². The molecule has 1 aliphatic rings. The molecule has 0 aliphatic carbocycles. The molecule has 1 saturated heterocycles. The maximum Gasteiger partial charge on any atom is 0.262 e. The highest BCUT2D eigenvalue weighted by Gasteiger charge is 2.16. The van der Waals surface area contributed by atoms with Crippen molar-refractivity contribution in [1.29, 1.82) is 0 Å². The fraction of sp³-hybridized carbons (Fsp3) is 0.455. The molecule has 2 aromatic rings. The Morgan fingerprint density at radius 1 is 1.53 bits per heavy atom. The summed E-state index contributed by atoms with van der Waals surface area (Å²) in [6, 6.07) is 1.81. The zero-order valence-corrected chi connectivity index (χ0v) is 9.98. The van der Waals surface area contributed by atoms with Gasteiger partial charge in [0.15, 0.2) is 0 Å². The maximum absolute atomic E-state index is 12.1. The van der Waals surface area contributed by atoms with E-state index >= 15 is 0 Å². The van der Waals surface area contributed by atoms with Gasteiger partial charge in [-0.05, 0) is 11.4 Å². The number of hydrogen-bond donors (Lipinski definition) is 0. The molecule has 2 aromatic heterocycles. The SMILES string of the molecule is O=c1c2ccsc2ncn1C[C@H]1COCCO1. The second kappa shape index (κ2) is 4.56. The molecule has 0 amide bonds. The second-order valence-corrected chi connectivity index (χ2v) is 4.80. The largest absolute Gasteiger partial charge is 0.376 e. The first-order valence-electron chi connectivity index (χ1n) is 5.46. The molecule has 0 saturated carbocycles. The molecule has 3 rings (SSSR count). The van der Waals surface area contributed by atoms with E-state index in [1.807, 2.05) is 11.4 Å². The monoisotopic (exact) mass is 252 g/mol. The summed E-state index contributed by atoms with van der Waals surface area (Å²) >= 11 is 1.48. The van der Waals surface area contributed by atoms with Crippen LogP contribution in [0.4, 0.5) is 0 Å². The fourth-order valence-corrected chi connectivity index (χ4v) is 2.61. The second-order valence-electron chi connectivity index (χ2n) is 3.91. The van der Waals surface area contributed by atoms with Crippen molar-refractivity contribution in [2.45, 2.75) is 12.6 Å². The minimum Gasteiger partial charge on any atom is -0.376 e. The average molecular weight is 252 g/mol. The van der Waals surface area contributed by atoms with Gasteiger partial charge in [0.1, 0.15) is 4.83 Å². The van der Waals surface area contributed by atoms with Crippen LogP contribution in [0.3, 0.4) is 0 Å². The van der Waals surface area contributed by atoms with Crippen molar-refractivity contribution in [2.24, 2.45) is 0 Å².